The average Bonchev–Trinajstić information content (AvgIpc) is 2.94. The molecule has 1 saturated heterocycles. The van der Waals surface area contributed by atoms with E-state index in [-0.39, 0.29) is 11.9 Å². The van der Waals surface area contributed by atoms with E-state index in [0.717, 1.165) is 13.1 Å². The Balaban J connectivity index is 1.63. The van der Waals surface area contributed by atoms with E-state index in [1.807, 2.05) is 11.7 Å². The number of nitrogens with zero attached hydrogens (tertiary/aromatic N) is 2. The second-order valence-corrected chi connectivity index (χ2v) is 6.86. The van der Waals surface area contributed by atoms with Gasteiger partial charge in [-0.2, -0.15) is 0 Å². The largest absolute Gasteiger partial charge is 0.487 e. The van der Waals surface area contributed by atoms with Gasteiger partial charge in [0.05, 0.1) is 5.51 Å². The van der Waals surface area contributed by atoms with Crippen molar-refractivity contribution in [3.63, 3.8) is 0 Å². The summed E-state index contributed by atoms with van der Waals surface area (Å²) in [4.78, 5) is 7.45. The minimum atomic E-state index is -0.977. The molecule has 6 heteroatoms. The summed E-state index contributed by atoms with van der Waals surface area (Å²) in [6, 6.07) is 6.05. The average molecular weight is 322 g/mol. The van der Waals surface area contributed by atoms with E-state index < -0.39 is 5.60 Å². The minimum absolute atomic E-state index is 0.334. The molecule has 4 nitrogen and oxygen atoms in total. The predicted octanol–water partition coefficient (Wildman–Crippen LogP) is 2.69. The molecule has 0 radical (unpaired) electrons. The lowest BCUT2D eigenvalue weighted by molar-refractivity contribution is -0.0992. The number of ether oxygens (including phenoxy) is 1. The van der Waals surface area contributed by atoms with Crippen LogP contribution in [0, 0.1) is 5.82 Å². The van der Waals surface area contributed by atoms with Gasteiger partial charge in [0.15, 0.2) is 0 Å². The number of β-amino-alcohol motifs (C(OH)–C–C–N with tert-alkyl or cyclic N) is 1. The summed E-state index contributed by atoms with van der Waals surface area (Å²) in [5, 5.41) is 10.7. The number of rotatable bonds is 4. The molecular formula is C16H19FN2O2S. The van der Waals surface area contributed by atoms with Crippen LogP contribution in [-0.4, -0.2) is 39.8 Å². The zero-order valence-corrected chi connectivity index (χ0v) is 13.2. The smallest absolute Gasteiger partial charge is 0.129 e. The first-order valence-electron chi connectivity index (χ1n) is 7.27. The fraction of sp³-hybridized carbons (Fsp3) is 0.438. The van der Waals surface area contributed by atoms with Crippen LogP contribution in [0.4, 0.5) is 4.39 Å². The van der Waals surface area contributed by atoms with Crippen LogP contribution in [0.3, 0.4) is 0 Å². The zero-order chi connectivity index (χ0) is 15.6. The van der Waals surface area contributed by atoms with Gasteiger partial charge in [0, 0.05) is 36.8 Å². The van der Waals surface area contributed by atoms with Crippen LogP contribution < -0.4 is 4.74 Å². The number of piperidine rings is 1. The van der Waals surface area contributed by atoms with Crippen molar-refractivity contribution in [3.8, 4) is 5.75 Å². The normalized spacial score (nSPS) is 26.0. The van der Waals surface area contributed by atoms with Crippen molar-refractivity contribution in [1.29, 1.82) is 0 Å². The molecular weight excluding hydrogens is 303 g/mol. The second kappa shape index (κ2) is 6.32. The van der Waals surface area contributed by atoms with Gasteiger partial charge in [-0.25, -0.2) is 4.39 Å². The molecule has 0 aliphatic carbocycles. The molecule has 22 heavy (non-hydrogen) atoms. The van der Waals surface area contributed by atoms with Crippen molar-refractivity contribution < 1.29 is 14.2 Å². The van der Waals surface area contributed by atoms with Gasteiger partial charge in [-0.3, -0.25) is 9.88 Å². The topological polar surface area (TPSA) is 45.6 Å². The third kappa shape index (κ3) is 3.63. The van der Waals surface area contributed by atoms with Crippen molar-refractivity contribution in [2.75, 3.05) is 13.1 Å². The van der Waals surface area contributed by atoms with E-state index in [0.29, 0.717) is 18.7 Å². The van der Waals surface area contributed by atoms with Crippen molar-refractivity contribution in [3.05, 3.63) is 46.7 Å². The Kier molecular flexibility index (Phi) is 4.42. The monoisotopic (exact) mass is 322 g/mol. The van der Waals surface area contributed by atoms with Crippen LogP contribution in [0.5, 0.6) is 5.75 Å². The van der Waals surface area contributed by atoms with Gasteiger partial charge >= 0.3 is 0 Å². The lowest BCUT2D eigenvalue weighted by Crippen LogP contribution is -2.56. The molecule has 2 atom stereocenters. The Bertz CT molecular complexity index is 618. The molecule has 2 heterocycles. The SMILES string of the molecule is C[C@]1(O)CN(Cc2cncs2)CC[C@@H]1Oc1cccc(F)c1. The lowest BCUT2D eigenvalue weighted by Gasteiger charge is -2.42. The predicted molar refractivity (Wildman–Crippen MR) is 83.4 cm³/mol. The summed E-state index contributed by atoms with van der Waals surface area (Å²) >= 11 is 1.61. The number of halogens is 1. The molecule has 1 aromatic heterocycles. The molecule has 0 saturated carbocycles. The van der Waals surface area contributed by atoms with Crippen LogP contribution in [-0.2, 0) is 6.54 Å². The highest BCUT2D eigenvalue weighted by molar-refractivity contribution is 7.09. The van der Waals surface area contributed by atoms with Gasteiger partial charge in [0.1, 0.15) is 23.3 Å². The molecule has 3 rings (SSSR count). The Morgan fingerprint density at radius 3 is 3.09 bits per heavy atom. The number of likely N-dealkylation sites (tertiary alicyclic amines) is 1. The number of aliphatic hydroxyl groups is 1. The summed E-state index contributed by atoms with van der Waals surface area (Å²) in [5.74, 6) is 0.126. The first kappa shape index (κ1) is 15.4. The number of thiazole rings is 1. The fourth-order valence-electron chi connectivity index (χ4n) is 2.81. The Labute approximate surface area is 133 Å². The first-order valence-corrected chi connectivity index (χ1v) is 8.15. The maximum atomic E-state index is 13.2. The third-order valence-corrected chi connectivity index (χ3v) is 4.65. The third-order valence-electron chi connectivity index (χ3n) is 3.88. The summed E-state index contributed by atoms with van der Waals surface area (Å²) in [7, 11) is 0. The molecule has 0 spiro atoms. The van der Waals surface area contributed by atoms with Gasteiger partial charge in [0.25, 0.3) is 0 Å². The van der Waals surface area contributed by atoms with Crippen LogP contribution in [0.25, 0.3) is 0 Å². The molecule has 0 bridgehead atoms. The molecule has 2 aromatic rings. The van der Waals surface area contributed by atoms with Crippen LogP contribution in [0.2, 0.25) is 0 Å². The quantitative estimate of drug-likeness (QED) is 0.940. The van der Waals surface area contributed by atoms with Crippen molar-refractivity contribution in [2.45, 2.75) is 31.6 Å². The first-order chi connectivity index (χ1) is 10.5. The van der Waals surface area contributed by atoms with Crippen molar-refractivity contribution in [2.24, 2.45) is 0 Å². The maximum Gasteiger partial charge on any atom is 0.129 e. The van der Waals surface area contributed by atoms with Gasteiger partial charge in [0.2, 0.25) is 0 Å². The highest BCUT2D eigenvalue weighted by Crippen LogP contribution is 2.27. The van der Waals surface area contributed by atoms with E-state index in [9.17, 15) is 9.50 Å². The summed E-state index contributed by atoms with van der Waals surface area (Å²) in [6.45, 7) is 3.90. The number of hydrogen-bond donors (Lipinski definition) is 1. The van der Waals surface area contributed by atoms with Crippen molar-refractivity contribution in [1.82, 2.24) is 9.88 Å². The van der Waals surface area contributed by atoms with Crippen LogP contribution in [0.15, 0.2) is 36.0 Å². The van der Waals surface area contributed by atoms with Crippen molar-refractivity contribution >= 4 is 11.3 Å². The Morgan fingerprint density at radius 1 is 1.55 bits per heavy atom. The maximum absolute atomic E-state index is 13.2. The molecule has 1 fully saturated rings. The van der Waals surface area contributed by atoms with E-state index in [1.54, 1.807) is 30.4 Å². The molecule has 118 valence electrons. The second-order valence-electron chi connectivity index (χ2n) is 5.89. The van der Waals surface area contributed by atoms with Gasteiger partial charge in [-0.1, -0.05) is 6.07 Å². The molecule has 1 aromatic carbocycles. The Morgan fingerprint density at radius 2 is 2.41 bits per heavy atom. The molecule has 0 amide bonds. The number of aromatic nitrogens is 1. The molecule has 1 aliphatic heterocycles. The van der Waals surface area contributed by atoms with Crippen LogP contribution >= 0.6 is 11.3 Å². The van der Waals surface area contributed by atoms with Gasteiger partial charge in [-0.05, 0) is 25.5 Å². The summed E-state index contributed by atoms with van der Waals surface area (Å²) < 4.78 is 19.0. The number of hydrogen-bond acceptors (Lipinski definition) is 5. The molecule has 0 unspecified atom stereocenters. The lowest BCUT2D eigenvalue weighted by atomic mass is 9.91. The minimum Gasteiger partial charge on any atom is -0.487 e. The Hall–Kier alpha value is -1.50. The van der Waals surface area contributed by atoms with E-state index >= 15 is 0 Å². The zero-order valence-electron chi connectivity index (χ0n) is 12.4. The molecule has 1 aliphatic rings. The summed E-state index contributed by atoms with van der Waals surface area (Å²) in [6.07, 6.45) is 2.21. The van der Waals surface area contributed by atoms with E-state index in [2.05, 4.69) is 9.88 Å². The fourth-order valence-corrected chi connectivity index (χ4v) is 3.45. The van der Waals surface area contributed by atoms with E-state index in [4.69, 9.17) is 4.74 Å². The molecule has 1 N–H and O–H groups in total. The highest BCUT2D eigenvalue weighted by Gasteiger charge is 2.39. The van der Waals surface area contributed by atoms with Gasteiger partial charge < -0.3 is 9.84 Å². The van der Waals surface area contributed by atoms with Crippen LogP contribution in [0.1, 0.15) is 18.2 Å². The van der Waals surface area contributed by atoms with Gasteiger partial charge in [-0.15, -0.1) is 11.3 Å². The standard InChI is InChI=1S/C16H19FN2O2S/c1-16(20)10-19(9-14-8-18-11-22-14)6-5-15(16)21-13-4-2-3-12(17)7-13/h2-4,7-8,11,15,20H,5-6,9-10H2,1H3/t15-,16-/m0/s1. The highest BCUT2D eigenvalue weighted by atomic mass is 32.1. The number of benzene rings is 1. The van der Waals surface area contributed by atoms with E-state index in [1.165, 1.54) is 17.0 Å². The summed E-state index contributed by atoms with van der Waals surface area (Å²) in [5.41, 5.74) is 0.836.